The van der Waals surface area contributed by atoms with E-state index in [1.807, 2.05) is 11.8 Å². The zero-order valence-electron chi connectivity index (χ0n) is 11.9. The largest absolute Gasteiger partial charge is 0.444 e. The summed E-state index contributed by atoms with van der Waals surface area (Å²) in [6, 6.07) is -0.277. The molecule has 0 spiro atoms. The Balaban J connectivity index is 2.47. The predicted molar refractivity (Wildman–Crippen MR) is 69.2 cm³/mol. The smallest absolute Gasteiger partial charge is 0.408 e. The van der Waals surface area contributed by atoms with Crippen LogP contribution in [0.1, 0.15) is 47.5 Å². The van der Waals surface area contributed by atoms with Crippen molar-refractivity contribution in [2.24, 2.45) is 0 Å². The Hall–Kier alpha value is -1.26. The molecule has 18 heavy (non-hydrogen) atoms. The van der Waals surface area contributed by atoms with Gasteiger partial charge in [0, 0.05) is 12.6 Å². The molecule has 0 aromatic heterocycles. The molecule has 5 nitrogen and oxygen atoms in total. The molecule has 5 heteroatoms. The van der Waals surface area contributed by atoms with Crippen LogP contribution < -0.4 is 5.32 Å². The van der Waals surface area contributed by atoms with Gasteiger partial charge in [0.25, 0.3) is 0 Å². The first kappa shape index (κ1) is 14.8. The van der Waals surface area contributed by atoms with Crippen molar-refractivity contribution in [2.45, 2.75) is 65.1 Å². The highest BCUT2D eigenvalue weighted by Crippen LogP contribution is 2.17. The van der Waals surface area contributed by atoms with E-state index < -0.39 is 17.7 Å². The van der Waals surface area contributed by atoms with E-state index >= 15 is 0 Å². The molecule has 2 amide bonds. The zero-order chi connectivity index (χ0) is 13.9. The second-order valence-electron chi connectivity index (χ2n) is 5.89. The Morgan fingerprint density at radius 3 is 2.44 bits per heavy atom. The van der Waals surface area contributed by atoms with E-state index in [0.29, 0.717) is 0 Å². The van der Waals surface area contributed by atoms with Crippen LogP contribution in [-0.4, -0.2) is 41.1 Å². The van der Waals surface area contributed by atoms with Gasteiger partial charge < -0.3 is 15.0 Å². The highest BCUT2D eigenvalue weighted by atomic mass is 16.6. The third-order valence-electron chi connectivity index (χ3n) is 2.94. The van der Waals surface area contributed by atoms with Crippen molar-refractivity contribution in [3.8, 4) is 0 Å². The van der Waals surface area contributed by atoms with Gasteiger partial charge in [0.2, 0.25) is 5.91 Å². The second-order valence-corrected chi connectivity index (χ2v) is 5.89. The van der Waals surface area contributed by atoms with Crippen LogP contribution in [0, 0.1) is 0 Å². The molecule has 1 aliphatic heterocycles. The van der Waals surface area contributed by atoms with Crippen LogP contribution >= 0.6 is 0 Å². The second kappa shape index (κ2) is 5.59. The van der Waals surface area contributed by atoms with Crippen molar-refractivity contribution in [1.29, 1.82) is 0 Å². The van der Waals surface area contributed by atoms with Gasteiger partial charge in [-0.2, -0.15) is 0 Å². The number of carbonyl (C=O) groups is 2. The Kier molecular flexibility index (Phi) is 4.59. The minimum absolute atomic E-state index is 0.0362. The number of nitrogens with zero attached hydrogens (tertiary/aromatic N) is 1. The van der Waals surface area contributed by atoms with Crippen LogP contribution in [0.3, 0.4) is 0 Å². The summed E-state index contributed by atoms with van der Waals surface area (Å²) in [5.74, 6) is -0.0362. The first-order chi connectivity index (χ1) is 8.20. The van der Waals surface area contributed by atoms with Crippen molar-refractivity contribution in [2.75, 3.05) is 6.54 Å². The Morgan fingerprint density at radius 1 is 1.39 bits per heavy atom. The van der Waals surface area contributed by atoms with Crippen molar-refractivity contribution in [1.82, 2.24) is 10.2 Å². The zero-order valence-corrected chi connectivity index (χ0v) is 11.9. The number of amides is 2. The van der Waals surface area contributed by atoms with Gasteiger partial charge in [-0.15, -0.1) is 0 Å². The van der Waals surface area contributed by atoms with E-state index in [2.05, 4.69) is 5.32 Å². The maximum absolute atomic E-state index is 12.1. The molecular formula is C13H24N2O3. The highest BCUT2D eigenvalue weighted by Gasteiger charge is 2.30. The average Bonchev–Trinajstić information content (AvgIpc) is 2.60. The number of hydrogen-bond acceptors (Lipinski definition) is 3. The molecule has 1 fully saturated rings. The Labute approximate surface area is 109 Å². The molecule has 104 valence electrons. The van der Waals surface area contributed by atoms with Gasteiger partial charge >= 0.3 is 6.09 Å². The van der Waals surface area contributed by atoms with Gasteiger partial charge in [0.1, 0.15) is 11.6 Å². The molecule has 1 aliphatic rings. The summed E-state index contributed by atoms with van der Waals surface area (Å²) in [5.41, 5.74) is -0.548. The van der Waals surface area contributed by atoms with E-state index in [4.69, 9.17) is 4.74 Å². The lowest BCUT2D eigenvalue weighted by Gasteiger charge is -2.26. The summed E-state index contributed by atoms with van der Waals surface area (Å²) >= 11 is 0. The maximum Gasteiger partial charge on any atom is 0.408 e. The Morgan fingerprint density at radius 2 is 2.00 bits per heavy atom. The standard InChI is InChI=1S/C13H24N2O3/c1-9-7-6-8-15(9)11(16)10(2)14-12(17)18-13(3,4)5/h9-10H,6-8H2,1-5H3,(H,14,17)/t9-,10+/m0/s1. The number of alkyl carbamates (subject to hydrolysis) is 1. The molecule has 0 bridgehead atoms. The number of nitrogens with one attached hydrogen (secondary N) is 1. The van der Waals surface area contributed by atoms with Gasteiger partial charge in [0.15, 0.2) is 0 Å². The molecule has 1 heterocycles. The van der Waals surface area contributed by atoms with E-state index in [1.54, 1.807) is 27.7 Å². The number of likely N-dealkylation sites (tertiary alicyclic amines) is 1. The lowest BCUT2D eigenvalue weighted by atomic mass is 10.2. The number of rotatable bonds is 2. The number of ether oxygens (including phenoxy) is 1. The van der Waals surface area contributed by atoms with Crippen LogP contribution in [0.25, 0.3) is 0 Å². The van der Waals surface area contributed by atoms with Crippen LogP contribution in [-0.2, 0) is 9.53 Å². The molecule has 0 aliphatic carbocycles. The van der Waals surface area contributed by atoms with Gasteiger partial charge in [0.05, 0.1) is 0 Å². The van der Waals surface area contributed by atoms with E-state index in [-0.39, 0.29) is 11.9 Å². The van der Waals surface area contributed by atoms with Gasteiger partial charge in [-0.1, -0.05) is 0 Å². The minimum atomic E-state index is -0.548. The van der Waals surface area contributed by atoms with Crippen molar-refractivity contribution in [3.63, 3.8) is 0 Å². The molecule has 0 aromatic carbocycles. The molecular weight excluding hydrogens is 232 g/mol. The monoisotopic (exact) mass is 256 g/mol. The van der Waals surface area contributed by atoms with Crippen LogP contribution in [0.2, 0.25) is 0 Å². The quantitative estimate of drug-likeness (QED) is 0.821. The molecule has 1 N–H and O–H groups in total. The predicted octanol–water partition coefficient (Wildman–Crippen LogP) is 1.91. The van der Waals surface area contributed by atoms with Crippen molar-refractivity contribution < 1.29 is 14.3 Å². The normalized spacial score (nSPS) is 21.6. The SMILES string of the molecule is C[C@@H](NC(=O)OC(C)(C)C)C(=O)N1CCC[C@@H]1C. The molecule has 2 atom stereocenters. The summed E-state index contributed by atoms with van der Waals surface area (Å²) in [6.07, 6.45) is 1.52. The average molecular weight is 256 g/mol. The summed E-state index contributed by atoms with van der Waals surface area (Å²) in [6.45, 7) is 9.88. The lowest BCUT2D eigenvalue weighted by molar-refractivity contribution is -0.133. The summed E-state index contributed by atoms with van der Waals surface area (Å²) in [5, 5.41) is 2.58. The van der Waals surface area contributed by atoms with Crippen molar-refractivity contribution >= 4 is 12.0 Å². The summed E-state index contributed by atoms with van der Waals surface area (Å²) in [4.78, 5) is 25.5. The highest BCUT2D eigenvalue weighted by molar-refractivity contribution is 5.85. The van der Waals surface area contributed by atoms with E-state index in [1.165, 1.54) is 0 Å². The molecule has 0 radical (unpaired) electrons. The maximum atomic E-state index is 12.1. The van der Waals surface area contributed by atoms with Crippen LogP contribution in [0.4, 0.5) is 4.79 Å². The van der Waals surface area contributed by atoms with Crippen molar-refractivity contribution in [3.05, 3.63) is 0 Å². The summed E-state index contributed by atoms with van der Waals surface area (Å²) in [7, 11) is 0. The molecule has 0 unspecified atom stereocenters. The van der Waals surface area contributed by atoms with Gasteiger partial charge in [-0.25, -0.2) is 4.79 Å². The molecule has 0 aromatic rings. The van der Waals surface area contributed by atoms with E-state index in [0.717, 1.165) is 19.4 Å². The fourth-order valence-corrected chi connectivity index (χ4v) is 2.06. The first-order valence-corrected chi connectivity index (χ1v) is 6.50. The fraction of sp³-hybridized carbons (Fsp3) is 0.846. The van der Waals surface area contributed by atoms with Crippen LogP contribution in [0.5, 0.6) is 0 Å². The third-order valence-corrected chi connectivity index (χ3v) is 2.94. The number of hydrogen-bond donors (Lipinski definition) is 1. The molecule has 1 rings (SSSR count). The third kappa shape index (κ3) is 4.20. The number of carbonyl (C=O) groups excluding carboxylic acids is 2. The molecule has 0 saturated carbocycles. The van der Waals surface area contributed by atoms with Gasteiger partial charge in [-0.3, -0.25) is 4.79 Å². The lowest BCUT2D eigenvalue weighted by Crippen LogP contribution is -2.49. The topological polar surface area (TPSA) is 58.6 Å². The fourth-order valence-electron chi connectivity index (χ4n) is 2.06. The molecule has 1 saturated heterocycles. The first-order valence-electron chi connectivity index (χ1n) is 6.50. The minimum Gasteiger partial charge on any atom is -0.444 e. The van der Waals surface area contributed by atoms with Crippen LogP contribution in [0.15, 0.2) is 0 Å². The Bertz CT molecular complexity index is 323. The van der Waals surface area contributed by atoms with E-state index in [9.17, 15) is 9.59 Å². The van der Waals surface area contributed by atoms with Gasteiger partial charge in [-0.05, 0) is 47.5 Å². The summed E-state index contributed by atoms with van der Waals surface area (Å²) < 4.78 is 5.13.